The lowest BCUT2D eigenvalue weighted by molar-refractivity contribution is 0.109. The zero-order chi connectivity index (χ0) is 12.3. The van der Waals surface area contributed by atoms with Gasteiger partial charge in [0, 0.05) is 13.1 Å². The lowest BCUT2D eigenvalue weighted by Crippen LogP contribution is -2.38. The number of hydrogen-bond acceptors (Lipinski definition) is 5. The Kier molecular flexibility index (Phi) is 3.55. The first-order chi connectivity index (χ1) is 8.22. The fourth-order valence-corrected chi connectivity index (χ4v) is 2.24. The maximum Gasteiger partial charge on any atom is 0.169 e. The molecule has 90 valence electrons. The first kappa shape index (κ1) is 11.8. The molecule has 0 aromatic carbocycles. The van der Waals surface area contributed by atoms with Crippen molar-refractivity contribution in [3.05, 3.63) is 17.8 Å². The van der Waals surface area contributed by atoms with E-state index in [2.05, 4.69) is 21.2 Å². The molecule has 1 unspecified atom stereocenters. The second kappa shape index (κ2) is 5.11. The first-order valence-corrected chi connectivity index (χ1v) is 5.87. The van der Waals surface area contributed by atoms with E-state index in [1.807, 2.05) is 6.92 Å². The molecule has 0 amide bonds. The normalized spacial score (nSPS) is 18.8. The highest BCUT2D eigenvalue weighted by Gasteiger charge is 2.24. The summed E-state index contributed by atoms with van der Waals surface area (Å²) in [5.41, 5.74) is 0.565. The van der Waals surface area contributed by atoms with Crippen LogP contribution in [-0.2, 0) is 0 Å². The predicted octanol–water partition coefficient (Wildman–Crippen LogP) is 0.945. The second-order valence-corrected chi connectivity index (χ2v) is 4.45. The Morgan fingerprint density at radius 1 is 1.53 bits per heavy atom. The molecule has 2 heterocycles. The molecule has 0 radical (unpaired) electrons. The number of rotatable bonds is 2. The minimum atomic E-state index is -0.255. The Hall–Kier alpha value is -1.67. The van der Waals surface area contributed by atoms with Gasteiger partial charge in [-0.05, 0) is 31.7 Å². The SMILES string of the molecule is CC(O)C1CCN(c2nnccc2C#N)CC1. The fraction of sp³-hybridized carbons (Fsp3) is 0.583. The highest BCUT2D eigenvalue weighted by Crippen LogP contribution is 2.25. The monoisotopic (exact) mass is 232 g/mol. The third-order valence-corrected chi connectivity index (χ3v) is 3.34. The molecule has 5 heteroatoms. The molecule has 0 bridgehead atoms. The van der Waals surface area contributed by atoms with Crippen LogP contribution < -0.4 is 4.90 Å². The molecule has 0 spiro atoms. The first-order valence-electron chi connectivity index (χ1n) is 5.87. The molecule has 1 saturated heterocycles. The Balaban J connectivity index is 2.08. The summed E-state index contributed by atoms with van der Waals surface area (Å²) in [4.78, 5) is 2.07. The lowest BCUT2D eigenvalue weighted by atomic mass is 9.92. The number of anilines is 1. The highest BCUT2D eigenvalue weighted by molar-refractivity contribution is 5.52. The Bertz CT molecular complexity index is 419. The quantitative estimate of drug-likeness (QED) is 0.821. The Morgan fingerprint density at radius 3 is 2.82 bits per heavy atom. The van der Waals surface area contributed by atoms with E-state index in [-0.39, 0.29) is 6.10 Å². The van der Waals surface area contributed by atoms with Gasteiger partial charge in [-0.1, -0.05) is 0 Å². The van der Waals surface area contributed by atoms with Gasteiger partial charge in [-0.3, -0.25) is 0 Å². The predicted molar refractivity (Wildman–Crippen MR) is 63.4 cm³/mol. The zero-order valence-corrected chi connectivity index (χ0v) is 9.87. The van der Waals surface area contributed by atoms with Gasteiger partial charge in [-0.2, -0.15) is 10.4 Å². The van der Waals surface area contributed by atoms with Gasteiger partial charge in [0.1, 0.15) is 6.07 Å². The van der Waals surface area contributed by atoms with Crippen molar-refractivity contribution < 1.29 is 5.11 Å². The number of hydrogen-bond donors (Lipinski definition) is 1. The van der Waals surface area contributed by atoms with Crippen LogP contribution in [0.5, 0.6) is 0 Å². The van der Waals surface area contributed by atoms with Crippen LogP contribution in [0.15, 0.2) is 12.3 Å². The third kappa shape index (κ3) is 2.53. The summed E-state index contributed by atoms with van der Waals surface area (Å²) in [6.07, 6.45) is 3.14. The van der Waals surface area contributed by atoms with Crippen molar-refractivity contribution in [3.63, 3.8) is 0 Å². The van der Waals surface area contributed by atoms with Crippen LogP contribution >= 0.6 is 0 Å². The summed E-state index contributed by atoms with van der Waals surface area (Å²) >= 11 is 0. The van der Waals surface area contributed by atoms with Crippen LogP contribution in [0.25, 0.3) is 0 Å². The molecule has 1 atom stereocenters. The van der Waals surface area contributed by atoms with Crippen molar-refractivity contribution in [2.45, 2.75) is 25.9 Å². The van der Waals surface area contributed by atoms with Crippen molar-refractivity contribution >= 4 is 5.82 Å². The maximum absolute atomic E-state index is 9.54. The van der Waals surface area contributed by atoms with Crippen LogP contribution in [0.1, 0.15) is 25.3 Å². The van der Waals surface area contributed by atoms with Gasteiger partial charge < -0.3 is 10.0 Å². The number of nitriles is 1. The summed E-state index contributed by atoms with van der Waals surface area (Å²) in [7, 11) is 0. The van der Waals surface area contributed by atoms with E-state index in [9.17, 15) is 5.11 Å². The molecule has 0 saturated carbocycles. The van der Waals surface area contributed by atoms with Crippen molar-refractivity contribution in [2.75, 3.05) is 18.0 Å². The van der Waals surface area contributed by atoms with Gasteiger partial charge in [0.2, 0.25) is 0 Å². The van der Waals surface area contributed by atoms with E-state index < -0.39 is 0 Å². The van der Waals surface area contributed by atoms with Crippen molar-refractivity contribution in [1.29, 1.82) is 5.26 Å². The lowest BCUT2D eigenvalue weighted by Gasteiger charge is -2.33. The zero-order valence-electron chi connectivity index (χ0n) is 9.87. The van der Waals surface area contributed by atoms with Gasteiger partial charge >= 0.3 is 0 Å². The number of aliphatic hydroxyl groups excluding tert-OH is 1. The molecule has 1 aliphatic rings. The molecule has 2 rings (SSSR count). The van der Waals surface area contributed by atoms with E-state index >= 15 is 0 Å². The van der Waals surface area contributed by atoms with E-state index in [1.165, 1.54) is 6.20 Å². The number of aliphatic hydroxyl groups is 1. The molecule has 17 heavy (non-hydrogen) atoms. The average Bonchev–Trinajstić information content (AvgIpc) is 2.39. The highest BCUT2D eigenvalue weighted by atomic mass is 16.3. The number of piperidine rings is 1. The Morgan fingerprint density at radius 2 is 2.24 bits per heavy atom. The molecular weight excluding hydrogens is 216 g/mol. The van der Waals surface area contributed by atoms with Gasteiger partial charge in [0.15, 0.2) is 5.82 Å². The topological polar surface area (TPSA) is 73.0 Å². The minimum absolute atomic E-state index is 0.255. The molecule has 1 fully saturated rings. The van der Waals surface area contributed by atoms with E-state index in [0.717, 1.165) is 25.9 Å². The van der Waals surface area contributed by atoms with Crippen LogP contribution in [0, 0.1) is 17.2 Å². The minimum Gasteiger partial charge on any atom is -0.393 e. The Labute approximate surface area is 101 Å². The van der Waals surface area contributed by atoms with E-state index in [4.69, 9.17) is 5.26 Å². The molecule has 1 aromatic heterocycles. The molecule has 1 aromatic rings. The van der Waals surface area contributed by atoms with E-state index in [1.54, 1.807) is 6.07 Å². The van der Waals surface area contributed by atoms with Gasteiger partial charge in [-0.25, -0.2) is 0 Å². The van der Waals surface area contributed by atoms with Gasteiger partial charge in [0.05, 0.1) is 17.9 Å². The number of nitrogens with zero attached hydrogens (tertiary/aromatic N) is 4. The third-order valence-electron chi connectivity index (χ3n) is 3.34. The number of aromatic nitrogens is 2. The van der Waals surface area contributed by atoms with Crippen LogP contribution in [0.4, 0.5) is 5.82 Å². The summed E-state index contributed by atoms with van der Waals surface area (Å²) in [6.45, 7) is 3.48. The second-order valence-electron chi connectivity index (χ2n) is 4.45. The standard InChI is InChI=1S/C12H16N4O/c1-9(17)10-3-6-16(7-4-10)12-11(8-13)2-5-14-15-12/h2,5,9-10,17H,3-4,6-7H2,1H3. The van der Waals surface area contributed by atoms with Crippen LogP contribution in [-0.4, -0.2) is 34.5 Å². The fourth-order valence-electron chi connectivity index (χ4n) is 2.24. The van der Waals surface area contributed by atoms with Crippen LogP contribution in [0.2, 0.25) is 0 Å². The summed E-state index contributed by atoms with van der Waals surface area (Å²) < 4.78 is 0. The van der Waals surface area contributed by atoms with Crippen molar-refractivity contribution in [2.24, 2.45) is 5.92 Å². The summed E-state index contributed by atoms with van der Waals surface area (Å²) in [5.74, 6) is 1.02. The molecule has 1 aliphatic heterocycles. The summed E-state index contributed by atoms with van der Waals surface area (Å²) in [5, 5.41) is 26.4. The van der Waals surface area contributed by atoms with Crippen LogP contribution in [0.3, 0.4) is 0 Å². The molecular formula is C12H16N4O. The van der Waals surface area contributed by atoms with Gasteiger partial charge in [-0.15, -0.1) is 5.10 Å². The summed E-state index contributed by atoms with van der Waals surface area (Å²) in [6, 6.07) is 3.82. The van der Waals surface area contributed by atoms with Gasteiger partial charge in [0.25, 0.3) is 0 Å². The maximum atomic E-state index is 9.54. The largest absolute Gasteiger partial charge is 0.393 e. The molecule has 0 aliphatic carbocycles. The average molecular weight is 232 g/mol. The van der Waals surface area contributed by atoms with Crippen molar-refractivity contribution in [3.8, 4) is 6.07 Å². The smallest absolute Gasteiger partial charge is 0.169 e. The molecule has 5 nitrogen and oxygen atoms in total. The van der Waals surface area contributed by atoms with Crippen molar-refractivity contribution in [1.82, 2.24) is 10.2 Å². The van der Waals surface area contributed by atoms with E-state index in [0.29, 0.717) is 17.3 Å². The molecule has 1 N–H and O–H groups in total.